The van der Waals surface area contributed by atoms with Gasteiger partial charge >= 0.3 is 5.63 Å². The van der Waals surface area contributed by atoms with Crippen molar-refractivity contribution in [1.29, 1.82) is 0 Å². The van der Waals surface area contributed by atoms with Gasteiger partial charge in [-0.05, 0) is 82.6 Å². The Hall–Kier alpha value is -6.38. The molecule has 0 spiro atoms. The molecule has 0 amide bonds. The molecule has 0 unspecified atom stereocenters. The lowest BCUT2D eigenvalue weighted by atomic mass is 10.0. The maximum absolute atomic E-state index is 13.6. The summed E-state index contributed by atoms with van der Waals surface area (Å²) in [7, 11) is 0. The van der Waals surface area contributed by atoms with E-state index >= 15 is 0 Å². The van der Waals surface area contributed by atoms with Gasteiger partial charge in [0.2, 0.25) is 0 Å². The average Bonchev–Trinajstić information content (AvgIpc) is 3.43. The van der Waals surface area contributed by atoms with E-state index in [4.69, 9.17) is 4.42 Å². The van der Waals surface area contributed by atoms with Crippen molar-refractivity contribution in [3.63, 3.8) is 0 Å². The summed E-state index contributed by atoms with van der Waals surface area (Å²) in [6.07, 6.45) is 2.96. The Balaban J connectivity index is 1.24. The van der Waals surface area contributed by atoms with Crippen molar-refractivity contribution in [3.05, 3.63) is 166 Å². The summed E-state index contributed by atoms with van der Waals surface area (Å²) in [4.78, 5) is 26.4. The van der Waals surface area contributed by atoms with Gasteiger partial charge in [0.05, 0.1) is 22.1 Å². The molecule has 9 aromatic rings. The monoisotopic (exact) mass is 578 g/mol. The highest BCUT2D eigenvalue weighted by atomic mass is 16.4. The molecule has 0 fully saturated rings. The molecule has 0 aliphatic heterocycles. The molecule has 5 nitrogen and oxygen atoms in total. The molecule has 5 heteroatoms. The van der Waals surface area contributed by atoms with Crippen molar-refractivity contribution in [3.8, 4) is 22.5 Å². The summed E-state index contributed by atoms with van der Waals surface area (Å²) in [5, 5.41) is 5.76. The molecule has 0 saturated heterocycles. The minimum absolute atomic E-state index is 0.0416. The van der Waals surface area contributed by atoms with Crippen molar-refractivity contribution in [2.75, 3.05) is 0 Å². The lowest BCUT2D eigenvalue weighted by Crippen LogP contribution is -2.22. The molecule has 3 heterocycles. The summed E-state index contributed by atoms with van der Waals surface area (Å²) in [5.41, 5.74) is 5.26. The first-order valence-electron chi connectivity index (χ1n) is 14.7. The maximum atomic E-state index is 13.6. The molecule has 0 radical (unpaired) electrons. The summed E-state index contributed by atoms with van der Waals surface area (Å²) in [5.74, 6) is 0. The number of nitrogens with zero attached hydrogens (tertiary/aromatic N) is 2. The fourth-order valence-corrected chi connectivity index (χ4v) is 6.56. The predicted molar refractivity (Wildman–Crippen MR) is 181 cm³/mol. The van der Waals surface area contributed by atoms with Crippen LogP contribution >= 0.6 is 0 Å². The van der Waals surface area contributed by atoms with Gasteiger partial charge < -0.3 is 8.98 Å². The minimum atomic E-state index is -0.684. The molecule has 210 valence electrons. The van der Waals surface area contributed by atoms with Gasteiger partial charge in [-0.25, -0.2) is 9.36 Å². The highest BCUT2D eigenvalue weighted by Gasteiger charge is 2.17. The lowest BCUT2D eigenvalue weighted by Gasteiger charge is -2.10. The van der Waals surface area contributed by atoms with E-state index in [2.05, 4.69) is 95.7 Å². The number of benzene rings is 6. The third-order valence-corrected chi connectivity index (χ3v) is 8.65. The second kappa shape index (κ2) is 9.57. The van der Waals surface area contributed by atoms with Crippen LogP contribution in [0.4, 0.5) is 0 Å². The normalized spacial score (nSPS) is 11.6. The standard InChI is InChI=1S/C40H22N2O3/c43-39-38-32(31-12-6-7-13-36(31)45-40(38)44)22-23-41(39)28-16-18-29(19-17-28)42-34-20-15-27(25-8-2-1-3-9-25)24-33(34)37-30-11-5-4-10-26(30)14-21-35(37)42/h1-21,24H. The molecule has 45 heavy (non-hydrogen) atoms. The molecule has 6 aromatic carbocycles. The van der Waals surface area contributed by atoms with E-state index in [-0.39, 0.29) is 5.39 Å². The topological polar surface area (TPSA) is 57.1 Å². The largest absolute Gasteiger partial charge is 0.422 e. The van der Waals surface area contributed by atoms with Gasteiger partial charge in [-0.1, -0.05) is 78.9 Å². The fraction of sp³-hybridized carbons (Fsp3) is 0. The van der Waals surface area contributed by atoms with Crippen LogP contribution in [0.2, 0.25) is 0 Å². The SMILES string of the molecule is O=c1oc2ccccc2c2c#cn(-c3ccc(-n4c5ccc(-c6ccccc6)cc5c5c6ccccc6ccc54)cc3)c(=O)c12. The molecule has 0 saturated carbocycles. The predicted octanol–water partition coefficient (Wildman–Crippen LogP) is 8.61. The molecule has 3 aromatic heterocycles. The van der Waals surface area contributed by atoms with E-state index in [0.717, 1.165) is 22.3 Å². The van der Waals surface area contributed by atoms with Gasteiger partial charge in [-0.3, -0.25) is 4.79 Å². The Morgan fingerprint density at radius 1 is 0.556 bits per heavy atom. The molecular formula is C40H22N2O3. The van der Waals surface area contributed by atoms with Gasteiger partial charge in [0.1, 0.15) is 11.0 Å². The molecule has 0 atom stereocenters. The molecule has 9 rings (SSSR count). The highest BCUT2D eigenvalue weighted by molar-refractivity contribution is 6.21. The lowest BCUT2D eigenvalue weighted by molar-refractivity contribution is 0.568. The fourth-order valence-electron chi connectivity index (χ4n) is 6.56. The molecule has 0 bridgehead atoms. The zero-order chi connectivity index (χ0) is 30.1. The van der Waals surface area contributed by atoms with Gasteiger partial charge in [0.15, 0.2) is 0 Å². The van der Waals surface area contributed by atoms with Crippen LogP contribution in [0.3, 0.4) is 0 Å². The van der Waals surface area contributed by atoms with Gasteiger partial charge in [-0.2, -0.15) is 0 Å². The number of hydrogen-bond donors (Lipinski definition) is 0. The van der Waals surface area contributed by atoms with E-state index in [1.165, 1.54) is 31.7 Å². The number of para-hydroxylation sites is 1. The van der Waals surface area contributed by atoms with E-state index in [0.29, 0.717) is 22.0 Å². The Kier molecular flexibility index (Phi) is 5.35. The third kappa shape index (κ3) is 3.76. The first-order chi connectivity index (χ1) is 22.2. The molecule has 0 aliphatic rings. The first-order valence-corrected chi connectivity index (χ1v) is 14.7. The Labute approximate surface area is 256 Å². The van der Waals surface area contributed by atoms with Crippen LogP contribution in [0.15, 0.2) is 147 Å². The van der Waals surface area contributed by atoms with Crippen molar-refractivity contribution >= 4 is 54.3 Å². The van der Waals surface area contributed by atoms with Crippen LogP contribution in [-0.4, -0.2) is 9.13 Å². The second-order valence-electron chi connectivity index (χ2n) is 11.1. The smallest absolute Gasteiger partial charge is 0.350 e. The Bertz CT molecular complexity index is 2730. The zero-order valence-electron chi connectivity index (χ0n) is 23.8. The van der Waals surface area contributed by atoms with E-state index in [1.807, 2.05) is 36.4 Å². The molecular weight excluding hydrogens is 556 g/mol. The summed E-state index contributed by atoms with van der Waals surface area (Å²) >= 11 is 0. The average molecular weight is 579 g/mol. The van der Waals surface area contributed by atoms with Crippen molar-refractivity contribution in [1.82, 2.24) is 9.13 Å². The second-order valence-corrected chi connectivity index (χ2v) is 11.1. The van der Waals surface area contributed by atoms with Gasteiger partial charge in [-0.15, -0.1) is 0 Å². The summed E-state index contributed by atoms with van der Waals surface area (Å²) in [6.45, 7) is 0. The third-order valence-electron chi connectivity index (χ3n) is 8.65. The van der Waals surface area contributed by atoms with E-state index in [1.54, 1.807) is 18.2 Å². The number of fused-ring (bicyclic) bond motifs is 8. The van der Waals surface area contributed by atoms with Gasteiger partial charge in [0.25, 0.3) is 5.56 Å². The Morgan fingerprint density at radius 3 is 2.11 bits per heavy atom. The van der Waals surface area contributed by atoms with Crippen LogP contribution in [0.25, 0.3) is 76.8 Å². The van der Waals surface area contributed by atoms with Crippen LogP contribution in [0, 0.1) is 12.3 Å². The molecule has 0 aliphatic carbocycles. The maximum Gasteiger partial charge on any atom is 0.350 e. The number of aromatic nitrogens is 2. The quantitative estimate of drug-likeness (QED) is 0.197. The van der Waals surface area contributed by atoms with Crippen LogP contribution in [-0.2, 0) is 0 Å². The van der Waals surface area contributed by atoms with Crippen molar-refractivity contribution < 1.29 is 4.42 Å². The summed E-state index contributed by atoms with van der Waals surface area (Å²) in [6, 6.07) is 47.7. The minimum Gasteiger partial charge on any atom is -0.422 e. The Morgan fingerprint density at radius 2 is 1.27 bits per heavy atom. The van der Waals surface area contributed by atoms with Gasteiger partial charge in [0, 0.05) is 28.0 Å². The van der Waals surface area contributed by atoms with Crippen LogP contribution < -0.4 is 11.2 Å². The first kappa shape index (κ1) is 25.1. The van der Waals surface area contributed by atoms with Crippen molar-refractivity contribution in [2.45, 2.75) is 0 Å². The number of rotatable bonds is 3. The zero-order valence-corrected chi connectivity index (χ0v) is 23.8. The molecule has 0 N–H and O–H groups in total. The van der Waals surface area contributed by atoms with Crippen molar-refractivity contribution in [2.24, 2.45) is 0 Å². The van der Waals surface area contributed by atoms with E-state index in [9.17, 15) is 9.59 Å². The van der Waals surface area contributed by atoms with Crippen LogP contribution in [0.5, 0.6) is 0 Å². The van der Waals surface area contributed by atoms with Crippen LogP contribution in [0.1, 0.15) is 0 Å². The highest BCUT2D eigenvalue weighted by Crippen LogP contribution is 2.38. The summed E-state index contributed by atoms with van der Waals surface area (Å²) < 4.78 is 9.04. The number of hydrogen-bond acceptors (Lipinski definition) is 3. The van der Waals surface area contributed by atoms with E-state index < -0.39 is 11.2 Å².